The van der Waals surface area contributed by atoms with Crippen LogP contribution in [0, 0.1) is 17.5 Å². The maximum atomic E-state index is 13.3. The number of benzene rings is 1. The highest BCUT2D eigenvalue weighted by Crippen LogP contribution is 2.19. The molecule has 1 aromatic carbocycles. The van der Waals surface area contributed by atoms with E-state index in [1.54, 1.807) is 14.0 Å². The van der Waals surface area contributed by atoms with E-state index in [4.69, 9.17) is 5.11 Å². The molecule has 0 aliphatic heterocycles. The van der Waals surface area contributed by atoms with Crippen molar-refractivity contribution in [3.63, 3.8) is 0 Å². The van der Waals surface area contributed by atoms with Gasteiger partial charge in [0, 0.05) is 6.04 Å². The van der Waals surface area contributed by atoms with Gasteiger partial charge in [-0.25, -0.2) is 13.2 Å². The number of amides is 1. The minimum atomic E-state index is -1.63. The Balaban J connectivity index is 2.70. The number of nitrogens with zero attached hydrogens (tertiary/aromatic N) is 1. The summed E-state index contributed by atoms with van der Waals surface area (Å²) < 4.78 is 38.9. The minimum Gasteiger partial charge on any atom is -0.395 e. The van der Waals surface area contributed by atoms with E-state index in [9.17, 15) is 18.0 Å². The summed E-state index contributed by atoms with van der Waals surface area (Å²) >= 11 is 0. The van der Waals surface area contributed by atoms with Gasteiger partial charge in [0.15, 0.2) is 17.5 Å². The van der Waals surface area contributed by atoms with E-state index in [2.05, 4.69) is 5.32 Å². The average Bonchev–Trinajstić information content (AvgIpc) is 2.38. The van der Waals surface area contributed by atoms with E-state index in [1.807, 2.05) is 0 Å². The summed E-state index contributed by atoms with van der Waals surface area (Å²) in [6.07, 6.45) is 0. The second kappa shape index (κ2) is 6.53. The lowest BCUT2D eigenvalue weighted by molar-refractivity contribution is -0.117. The summed E-state index contributed by atoms with van der Waals surface area (Å²) in [7, 11) is 1.60. The van der Waals surface area contributed by atoms with Crippen molar-refractivity contribution in [1.82, 2.24) is 4.90 Å². The monoisotopic (exact) mass is 276 g/mol. The minimum absolute atomic E-state index is 0.111. The number of carbonyl (C=O) groups is 1. The largest absolute Gasteiger partial charge is 0.395 e. The van der Waals surface area contributed by atoms with Gasteiger partial charge < -0.3 is 10.4 Å². The van der Waals surface area contributed by atoms with Crippen molar-refractivity contribution < 1.29 is 23.1 Å². The second-order valence-electron chi connectivity index (χ2n) is 4.22. The molecule has 1 unspecified atom stereocenters. The molecule has 1 atom stereocenters. The van der Waals surface area contributed by atoms with Gasteiger partial charge in [-0.2, -0.15) is 0 Å². The summed E-state index contributed by atoms with van der Waals surface area (Å²) in [6.45, 7) is 1.45. The molecule has 2 N–H and O–H groups in total. The summed E-state index contributed by atoms with van der Waals surface area (Å²) in [5.74, 6) is -4.98. The molecule has 0 spiro atoms. The highest BCUT2D eigenvalue weighted by Gasteiger charge is 2.17. The number of hydrogen-bond acceptors (Lipinski definition) is 3. The third-order valence-corrected chi connectivity index (χ3v) is 2.72. The van der Waals surface area contributed by atoms with Gasteiger partial charge in [-0.3, -0.25) is 9.69 Å². The van der Waals surface area contributed by atoms with Crippen LogP contribution in [-0.4, -0.2) is 42.2 Å². The fourth-order valence-corrected chi connectivity index (χ4v) is 1.33. The van der Waals surface area contributed by atoms with E-state index in [1.165, 1.54) is 4.90 Å². The van der Waals surface area contributed by atoms with Gasteiger partial charge >= 0.3 is 0 Å². The molecule has 0 aliphatic carbocycles. The first-order chi connectivity index (χ1) is 8.86. The molecular formula is C12H15F3N2O2. The van der Waals surface area contributed by atoms with Crippen LogP contribution in [0.4, 0.5) is 18.9 Å². The molecule has 106 valence electrons. The van der Waals surface area contributed by atoms with Crippen LogP contribution >= 0.6 is 0 Å². The number of rotatable bonds is 5. The van der Waals surface area contributed by atoms with Crippen molar-refractivity contribution in [2.45, 2.75) is 13.0 Å². The fraction of sp³-hybridized carbons (Fsp3) is 0.417. The number of carbonyl (C=O) groups excluding carboxylic acids is 1. The van der Waals surface area contributed by atoms with Crippen molar-refractivity contribution in [3.05, 3.63) is 29.6 Å². The van der Waals surface area contributed by atoms with Crippen LogP contribution in [0.5, 0.6) is 0 Å². The number of aliphatic hydroxyl groups is 1. The predicted octanol–water partition coefficient (Wildman–Crippen LogP) is 1.35. The van der Waals surface area contributed by atoms with Crippen molar-refractivity contribution in [2.75, 3.05) is 25.5 Å². The molecule has 1 aromatic rings. The van der Waals surface area contributed by atoms with Gasteiger partial charge in [-0.05, 0) is 26.1 Å². The van der Waals surface area contributed by atoms with E-state index in [0.717, 1.165) is 12.1 Å². The smallest absolute Gasteiger partial charge is 0.238 e. The molecule has 1 amide bonds. The average molecular weight is 276 g/mol. The van der Waals surface area contributed by atoms with E-state index in [-0.39, 0.29) is 19.2 Å². The Morgan fingerprint density at radius 3 is 2.58 bits per heavy atom. The molecule has 0 heterocycles. The molecule has 0 saturated carbocycles. The first-order valence-corrected chi connectivity index (χ1v) is 5.61. The number of hydrogen-bond donors (Lipinski definition) is 2. The normalized spacial score (nSPS) is 12.6. The molecule has 0 radical (unpaired) electrons. The fourth-order valence-electron chi connectivity index (χ4n) is 1.33. The molecule has 0 fully saturated rings. The van der Waals surface area contributed by atoms with Crippen LogP contribution in [0.25, 0.3) is 0 Å². The van der Waals surface area contributed by atoms with Gasteiger partial charge in [-0.15, -0.1) is 0 Å². The van der Waals surface area contributed by atoms with E-state index < -0.39 is 29.0 Å². The molecule has 4 nitrogen and oxygen atoms in total. The van der Waals surface area contributed by atoms with Crippen LogP contribution < -0.4 is 5.32 Å². The lowest BCUT2D eigenvalue weighted by atomic mass is 10.2. The third-order valence-electron chi connectivity index (χ3n) is 2.72. The van der Waals surface area contributed by atoms with Gasteiger partial charge in [0.2, 0.25) is 5.91 Å². The number of halogens is 3. The number of anilines is 1. The van der Waals surface area contributed by atoms with Crippen molar-refractivity contribution in [2.24, 2.45) is 0 Å². The van der Waals surface area contributed by atoms with Crippen LogP contribution in [0.3, 0.4) is 0 Å². The summed E-state index contributed by atoms with van der Waals surface area (Å²) in [4.78, 5) is 13.1. The Bertz CT molecular complexity index is 469. The quantitative estimate of drug-likeness (QED) is 0.798. The Morgan fingerprint density at radius 2 is 2.00 bits per heavy atom. The molecule has 19 heavy (non-hydrogen) atoms. The first-order valence-electron chi connectivity index (χ1n) is 5.61. The Labute approximate surface area is 108 Å². The summed E-state index contributed by atoms with van der Waals surface area (Å²) in [6, 6.07) is 1.43. The number of aliphatic hydroxyl groups excluding tert-OH is 1. The molecule has 7 heteroatoms. The van der Waals surface area contributed by atoms with Crippen LogP contribution in [0.2, 0.25) is 0 Å². The van der Waals surface area contributed by atoms with Crippen LogP contribution in [0.15, 0.2) is 12.1 Å². The van der Waals surface area contributed by atoms with Gasteiger partial charge in [0.05, 0.1) is 18.8 Å². The highest BCUT2D eigenvalue weighted by molar-refractivity contribution is 5.92. The standard InChI is InChI=1S/C12H15F3N2O2/c1-7(6-18)17(2)5-10(19)16-9-4-3-8(13)11(14)12(9)15/h3-4,7,18H,5-6H2,1-2H3,(H,16,19). The molecule has 0 saturated heterocycles. The lowest BCUT2D eigenvalue weighted by Gasteiger charge is -2.22. The topological polar surface area (TPSA) is 52.6 Å². The Morgan fingerprint density at radius 1 is 1.37 bits per heavy atom. The lowest BCUT2D eigenvalue weighted by Crippen LogP contribution is -2.38. The summed E-state index contributed by atoms with van der Waals surface area (Å²) in [5.41, 5.74) is -0.422. The maximum absolute atomic E-state index is 13.3. The zero-order chi connectivity index (χ0) is 14.6. The zero-order valence-corrected chi connectivity index (χ0v) is 10.6. The van der Waals surface area contributed by atoms with Crippen LogP contribution in [-0.2, 0) is 4.79 Å². The maximum Gasteiger partial charge on any atom is 0.238 e. The third kappa shape index (κ3) is 3.93. The van der Waals surface area contributed by atoms with Crippen molar-refractivity contribution in [1.29, 1.82) is 0 Å². The van der Waals surface area contributed by atoms with Gasteiger partial charge in [0.25, 0.3) is 0 Å². The van der Waals surface area contributed by atoms with Gasteiger partial charge in [-0.1, -0.05) is 0 Å². The molecule has 1 rings (SSSR count). The number of likely N-dealkylation sites (N-methyl/N-ethyl adjacent to an activating group) is 1. The van der Waals surface area contributed by atoms with E-state index in [0.29, 0.717) is 0 Å². The molecule has 0 aromatic heterocycles. The Kier molecular flexibility index (Phi) is 5.31. The molecule has 0 aliphatic rings. The highest BCUT2D eigenvalue weighted by atomic mass is 19.2. The second-order valence-corrected chi connectivity index (χ2v) is 4.22. The van der Waals surface area contributed by atoms with Crippen LogP contribution in [0.1, 0.15) is 6.92 Å². The summed E-state index contributed by atoms with van der Waals surface area (Å²) in [5, 5.41) is 11.0. The molecule has 0 bridgehead atoms. The SMILES string of the molecule is CC(CO)N(C)CC(=O)Nc1ccc(F)c(F)c1F. The number of nitrogens with one attached hydrogen (secondary N) is 1. The van der Waals surface area contributed by atoms with Gasteiger partial charge in [0.1, 0.15) is 0 Å². The molecular weight excluding hydrogens is 261 g/mol. The predicted molar refractivity (Wildman–Crippen MR) is 64.1 cm³/mol. The first kappa shape index (κ1) is 15.5. The van der Waals surface area contributed by atoms with Crippen molar-refractivity contribution >= 4 is 11.6 Å². The van der Waals surface area contributed by atoms with E-state index >= 15 is 0 Å². The zero-order valence-electron chi connectivity index (χ0n) is 10.6. The Hall–Kier alpha value is -1.60. The van der Waals surface area contributed by atoms with Crippen molar-refractivity contribution in [3.8, 4) is 0 Å².